The van der Waals surface area contributed by atoms with Crippen LogP contribution < -0.4 is 5.32 Å². The number of aromatic amines is 2. The van der Waals surface area contributed by atoms with Gasteiger partial charge in [0.05, 0.1) is 23.7 Å². The average molecular weight is 339 g/mol. The first-order valence-electron chi connectivity index (χ1n) is 9.04. The largest absolute Gasteiger partial charge is 0.366 e. The van der Waals surface area contributed by atoms with Gasteiger partial charge in [-0.05, 0) is 45.4 Å². The predicted molar refractivity (Wildman–Crippen MR) is 98.2 cm³/mol. The van der Waals surface area contributed by atoms with Gasteiger partial charge in [0.1, 0.15) is 5.82 Å². The van der Waals surface area contributed by atoms with E-state index in [1.165, 1.54) is 12.8 Å². The number of nitrogens with zero attached hydrogens (tertiary/aromatic N) is 4. The number of piperidine rings is 1. The summed E-state index contributed by atoms with van der Waals surface area (Å²) in [5.74, 6) is 1.89. The molecule has 0 aliphatic carbocycles. The number of pyridine rings is 1. The van der Waals surface area contributed by atoms with Crippen LogP contribution in [0.3, 0.4) is 0 Å². The second-order valence-electron chi connectivity index (χ2n) is 7.02. The van der Waals surface area contributed by atoms with Crippen LogP contribution in [0.15, 0.2) is 24.5 Å². The van der Waals surface area contributed by atoms with Crippen LogP contribution in [0.5, 0.6) is 0 Å². The van der Waals surface area contributed by atoms with Gasteiger partial charge < -0.3 is 10.3 Å². The van der Waals surface area contributed by atoms with Crippen molar-refractivity contribution in [2.45, 2.75) is 51.7 Å². The summed E-state index contributed by atoms with van der Waals surface area (Å²) in [4.78, 5) is 14.9. The van der Waals surface area contributed by atoms with Gasteiger partial charge in [-0.15, -0.1) is 0 Å². The first-order chi connectivity index (χ1) is 12.2. The van der Waals surface area contributed by atoms with Crippen LogP contribution in [-0.4, -0.2) is 42.6 Å². The molecule has 3 aromatic rings. The highest BCUT2D eigenvalue weighted by atomic mass is 15.2. The van der Waals surface area contributed by atoms with Crippen LogP contribution >= 0.6 is 0 Å². The maximum atomic E-state index is 4.88. The molecule has 7 nitrogen and oxygen atoms in total. The van der Waals surface area contributed by atoms with Gasteiger partial charge in [-0.1, -0.05) is 6.42 Å². The number of aromatic nitrogens is 5. The van der Waals surface area contributed by atoms with Crippen molar-refractivity contribution >= 4 is 16.9 Å². The van der Waals surface area contributed by atoms with Crippen LogP contribution in [0.1, 0.15) is 50.7 Å². The molecular formula is C18H25N7. The van der Waals surface area contributed by atoms with E-state index in [-0.39, 0.29) is 0 Å². The lowest BCUT2D eigenvalue weighted by Crippen LogP contribution is -2.33. The molecule has 0 bridgehead atoms. The summed E-state index contributed by atoms with van der Waals surface area (Å²) in [6.07, 6.45) is 7.29. The molecule has 3 aromatic heterocycles. The third-order valence-electron chi connectivity index (χ3n) is 4.73. The molecule has 132 valence electrons. The van der Waals surface area contributed by atoms with E-state index in [9.17, 15) is 0 Å². The Labute approximate surface area is 147 Å². The van der Waals surface area contributed by atoms with Gasteiger partial charge in [0.25, 0.3) is 0 Å². The summed E-state index contributed by atoms with van der Waals surface area (Å²) in [7, 11) is 0. The second-order valence-corrected chi connectivity index (χ2v) is 7.02. The Morgan fingerprint density at radius 1 is 1.32 bits per heavy atom. The summed E-state index contributed by atoms with van der Waals surface area (Å²) in [6.45, 7) is 6.13. The molecule has 1 atom stereocenters. The number of imidazole rings is 1. The lowest BCUT2D eigenvalue weighted by atomic mass is 9.98. The lowest BCUT2D eigenvalue weighted by molar-refractivity contribution is 0.134. The number of rotatable bonds is 5. The van der Waals surface area contributed by atoms with E-state index < -0.39 is 0 Å². The van der Waals surface area contributed by atoms with Crippen LogP contribution in [0.2, 0.25) is 0 Å². The average Bonchev–Trinajstić information content (AvgIpc) is 3.25. The molecule has 25 heavy (non-hydrogen) atoms. The summed E-state index contributed by atoms with van der Waals surface area (Å²) in [5.41, 5.74) is 1.96. The maximum Gasteiger partial charge on any atom is 0.157 e. The molecular weight excluding hydrogens is 314 g/mol. The van der Waals surface area contributed by atoms with Crippen LogP contribution in [0.25, 0.3) is 11.0 Å². The smallest absolute Gasteiger partial charge is 0.157 e. The van der Waals surface area contributed by atoms with E-state index in [1.54, 1.807) is 0 Å². The standard InChI is InChI=1S/C18H25N7/c1-12(2)21-17-13-6-7-14(22-18(13)24-23-17)15-5-3-4-10-25(15)11-16-19-8-9-20-16/h6-9,12,15H,3-5,10-11H2,1-2H3,(H,19,20)(H2,21,22,23,24)/t15-/m0/s1. The lowest BCUT2D eigenvalue weighted by Gasteiger charge is -2.34. The van der Waals surface area contributed by atoms with Crippen molar-refractivity contribution in [2.24, 2.45) is 0 Å². The van der Waals surface area contributed by atoms with E-state index in [0.29, 0.717) is 12.1 Å². The quantitative estimate of drug-likeness (QED) is 0.664. The number of nitrogens with one attached hydrogen (secondary N) is 3. The minimum absolute atomic E-state index is 0.327. The topological polar surface area (TPSA) is 85.5 Å². The Hall–Kier alpha value is -2.41. The van der Waals surface area contributed by atoms with Gasteiger partial charge in [-0.3, -0.25) is 10.00 Å². The first-order valence-corrected chi connectivity index (χ1v) is 9.04. The molecule has 1 fully saturated rings. The minimum atomic E-state index is 0.327. The first kappa shape index (κ1) is 16.1. The highest BCUT2D eigenvalue weighted by Crippen LogP contribution is 2.32. The van der Waals surface area contributed by atoms with E-state index in [1.807, 2.05) is 12.4 Å². The van der Waals surface area contributed by atoms with E-state index >= 15 is 0 Å². The van der Waals surface area contributed by atoms with Gasteiger partial charge in [-0.25, -0.2) is 9.97 Å². The zero-order valence-electron chi connectivity index (χ0n) is 14.8. The Kier molecular flexibility index (Phi) is 4.40. The second kappa shape index (κ2) is 6.84. The molecule has 4 heterocycles. The molecule has 4 rings (SSSR count). The zero-order valence-corrected chi connectivity index (χ0v) is 14.8. The van der Waals surface area contributed by atoms with Crippen molar-refractivity contribution in [3.63, 3.8) is 0 Å². The molecule has 0 amide bonds. The molecule has 3 N–H and O–H groups in total. The van der Waals surface area contributed by atoms with Crippen molar-refractivity contribution in [3.8, 4) is 0 Å². The highest BCUT2D eigenvalue weighted by Gasteiger charge is 2.26. The van der Waals surface area contributed by atoms with Gasteiger partial charge in [0, 0.05) is 18.4 Å². The molecule has 0 unspecified atom stereocenters. The molecule has 0 radical (unpaired) electrons. The van der Waals surface area contributed by atoms with Crippen molar-refractivity contribution in [3.05, 3.63) is 36.0 Å². The van der Waals surface area contributed by atoms with Crippen molar-refractivity contribution < 1.29 is 0 Å². The van der Waals surface area contributed by atoms with E-state index in [0.717, 1.165) is 47.9 Å². The third kappa shape index (κ3) is 3.37. The number of likely N-dealkylation sites (tertiary alicyclic amines) is 1. The molecule has 7 heteroatoms. The van der Waals surface area contributed by atoms with Gasteiger partial charge >= 0.3 is 0 Å². The fraction of sp³-hybridized carbons (Fsp3) is 0.500. The SMILES string of the molecule is CC(C)Nc1n[nH]c2nc([C@@H]3CCCCN3Cc3ncc[nH]3)ccc12. The van der Waals surface area contributed by atoms with Crippen LogP contribution in [0.4, 0.5) is 5.82 Å². The molecule has 1 aliphatic rings. The molecule has 0 aromatic carbocycles. The number of fused-ring (bicyclic) bond motifs is 1. The summed E-state index contributed by atoms with van der Waals surface area (Å²) in [6, 6.07) is 4.95. The zero-order chi connectivity index (χ0) is 17.2. The maximum absolute atomic E-state index is 4.88. The van der Waals surface area contributed by atoms with Crippen LogP contribution in [-0.2, 0) is 6.54 Å². The Bertz CT molecular complexity index is 821. The Balaban J connectivity index is 1.60. The highest BCUT2D eigenvalue weighted by molar-refractivity contribution is 5.87. The Morgan fingerprint density at radius 2 is 2.24 bits per heavy atom. The monoisotopic (exact) mass is 339 g/mol. The van der Waals surface area contributed by atoms with Crippen molar-refractivity contribution in [1.29, 1.82) is 0 Å². The Morgan fingerprint density at radius 3 is 3.04 bits per heavy atom. The summed E-state index contributed by atoms with van der Waals surface area (Å²) in [5, 5.41) is 11.9. The van der Waals surface area contributed by atoms with Crippen molar-refractivity contribution in [2.75, 3.05) is 11.9 Å². The summed E-state index contributed by atoms with van der Waals surface area (Å²) < 4.78 is 0. The van der Waals surface area contributed by atoms with Crippen molar-refractivity contribution in [1.82, 2.24) is 30.0 Å². The normalized spacial score (nSPS) is 18.9. The number of hydrogen-bond donors (Lipinski definition) is 3. The van der Waals surface area contributed by atoms with E-state index in [2.05, 4.69) is 56.4 Å². The van der Waals surface area contributed by atoms with E-state index in [4.69, 9.17) is 4.98 Å². The van der Waals surface area contributed by atoms with Gasteiger partial charge in [0.2, 0.25) is 0 Å². The van der Waals surface area contributed by atoms with Gasteiger partial charge in [0.15, 0.2) is 11.5 Å². The molecule has 1 saturated heterocycles. The predicted octanol–water partition coefficient (Wildman–Crippen LogP) is 3.23. The van der Waals surface area contributed by atoms with Crippen LogP contribution in [0, 0.1) is 0 Å². The number of hydrogen-bond acceptors (Lipinski definition) is 5. The fourth-order valence-electron chi connectivity index (χ4n) is 3.58. The fourth-order valence-corrected chi connectivity index (χ4v) is 3.58. The molecule has 1 aliphatic heterocycles. The molecule has 0 spiro atoms. The number of anilines is 1. The van der Waals surface area contributed by atoms with Gasteiger partial charge in [-0.2, -0.15) is 5.10 Å². The third-order valence-corrected chi connectivity index (χ3v) is 4.73. The minimum Gasteiger partial charge on any atom is -0.366 e. The summed E-state index contributed by atoms with van der Waals surface area (Å²) >= 11 is 0. The number of H-pyrrole nitrogens is 2. The molecule has 0 saturated carbocycles.